The summed E-state index contributed by atoms with van der Waals surface area (Å²) in [6.45, 7) is 4.32. The van der Waals surface area contributed by atoms with E-state index >= 15 is 0 Å². The van der Waals surface area contributed by atoms with Crippen molar-refractivity contribution in [3.8, 4) is 11.4 Å². The third-order valence-corrected chi connectivity index (χ3v) is 4.57. The molecule has 8 heteroatoms. The zero-order chi connectivity index (χ0) is 18.4. The first-order valence-corrected chi connectivity index (χ1v) is 8.89. The molecule has 0 amide bonds. The minimum absolute atomic E-state index is 0. The second kappa shape index (κ2) is 9.93. The van der Waals surface area contributed by atoms with Crippen molar-refractivity contribution in [2.45, 2.75) is 31.9 Å². The van der Waals surface area contributed by atoms with Crippen molar-refractivity contribution >= 4 is 29.9 Å². The Morgan fingerprint density at radius 2 is 2.07 bits per heavy atom. The molecule has 1 aliphatic rings. The molecule has 0 radical (unpaired) electrons. The van der Waals surface area contributed by atoms with E-state index in [1.807, 2.05) is 41.2 Å². The fraction of sp³-hybridized carbons (Fsp3) is 0.474. The molecular weight excluding hydrogens is 457 g/mol. The summed E-state index contributed by atoms with van der Waals surface area (Å²) < 4.78 is 12.8. The van der Waals surface area contributed by atoms with Crippen molar-refractivity contribution < 1.29 is 9.47 Å². The lowest BCUT2D eigenvalue weighted by atomic mass is 10.0. The first-order valence-electron chi connectivity index (χ1n) is 8.89. The number of halogens is 1. The van der Waals surface area contributed by atoms with Crippen LogP contribution in [0.1, 0.15) is 25.5 Å². The van der Waals surface area contributed by atoms with E-state index in [2.05, 4.69) is 27.6 Å². The summed E-state index contributed by atoms with van der Waals surface area (Å²) in [5.74, 6) is 1.58. The van der Waals surface area contributed by atoms with Gasteiger partial charge in [-0.05, 0) is 50.1 Å². The zero-order valence-corrected chi connectivity index (χ0v) is 18.4. The highest BCUT2D eigenvalue weighted by Crippen LogP contribution is 2.23. The predicted octanol–water partition coefficient (Wildman–Crippen LogP) is 2.73. The van der Waals surface area contributed by atoms with Gasteiger partial charge in [-0.15, -0.1) is 24.0 Å². The van der Waals surface area contributed by atoms with Crippen molar-refractivity contribution in [1.82, 2.24) is 20.4 Å². The zero-order valence-electron chi connectivity index (χ0n) is 16.1. The topological polar surface area (TPSA) is 72.7 Å². The number of ether oxygens (including phenoxy) is 2. The fourth-order valence-corrected chi connectivity index (χ4v) is 2.98. The van der Waals surface area contributed by atoms with Crippen LogP contribution in [0.5, 0.6) is 5.75 Å². The molecule has 7 nitrogen and oxygen atoms in total. The van der Waals surface area contributed by atoms with E-state index in [0.717, 1.165) is 49.1 Å². The van der Waals surface area contributed by atoms with Gasteiger partial charge in [0.1, 0.15) is 5.75 Å². The van der Waals surface area contributed by atoms with Gasteiger partial charge in [0.05, 0.1) is 30.6 Å². The van der Waals surface area contributed by atoms with Gasteiger partial charge in [0, 0.05) is 26.4 Å². The van der Waals surface area contributed by atoms with Crippen LogP contribution in [0.25, 0.3) is 5.69 Å². The van der Waals surface area contributed by atoms with Crippen molar-refractivity contribution in [2.75, 3.05) is 27.3 Å². The van der Waals surface area contributed by atoms with Crippen LogP contribution in [0.3, 0.4) is 0 Å². The van der Waals surface area contributed by atoms with Crippen LogP contribution in [-0.4, -0.2) is 48.7 Å². The standard InChI is InChI=1S/C19H27N5O2.HI/c1-19(10-4-12-26-19)14-22-18(20-2)21-13-15-9-11-24(23-15)16-5-7-17(25-3)8-6-16;/h5-9,11H,4,10,12-14H2,1-3H3,(H2,20,21,22);1H. The Balaban J connectivity index is 0.00000261. The molecule has 1 aliphatic heterocycles. The molecule has 2 N–H and O–H groups in total. The van der Waals surface area contributed by atoms with Crippen molar-refractivity contribution in [3.05, 3.63) is 42.2 Å². The average molecular weight is 485 g/mol. The molecule has 1 aromatic heterocycles. The summed E-state index contributed by atoms with van der Waals surface area (Å²) in [5, 5.41) is 11.2. The van der Waals surface area contributed by atoms with Crippen LogP contribution in [0.2, 0.25) is 0 Å². The van der Waals surface area contributed by atoms with Gasteiger partial charge in [0.2, 0.25) is 0 Å². The molecule has 1 unspecified atom stereocenters. The smallest absolute Gasteiger partial charge is 0.191 e. The third kappa shape index (κ3) is 5.83. The molecule has 1 atom stereocenters. The second-order valence-corrected chi connectivity index (χ2v) is 6.63. The molecule has 0 bridgehead atoms. The minimum Gasteiger partial charge on any atom is -0.497 e. The van der Waals surface area contributed by atoms with E-state index in [4.69, 9.17) is 9.47 Å². The maximum atomic E-state index is 5.80. The monoisotopic (exact) mass is 485 g/mol. The number of benzene rings is 1. The Hall–Kier alpha value is -1.81. The molecule has 1 fully saturated rings. The van der Waals surface area contributed by atoms with Gasteiger partial charge in [0.15, 0.2) is 5.96 Å². The maximum Gasteiger partial charge on any atom is 0.191 e. The number of methoxy groups -OCH3 is 1. The average Bonchev–Trinajstić information content (AvgIpc) is 3.32. The van der Waals surface area contributed by atoms with Gasteiger partial charge in [-0.3, -0.25) is 4.99 Å². The summed E-state index contributed by atoms with van der Waals surface area (Å²) in [5.41, 5.74) is 1.83. The highest BCUT2D eigenvalue weighted by molar-refractivity contribution is 14.0. The number of nitrogens with zero attached hydrogens (tertiary/aromatic N) is 3. The van der Waals surface area contributed by atoms with Crippen LogP contribution in [0.15, 0.2) is 41.5 Å². The van der Waals surface area contributed by atoms with Crippen LogP contribution in [-0.2, 0) is 11.3 Å². The number of hydrogen-bond acceptors (Lipinski definition) is 4. The molecule has 3 rings (SSSR count). The van der Waals surface area contributed by atoms with E-state index in [9.17, 15) is 0 Å². The van der Waals surface area contributed by atoms with Crippen LogP contribution in [0.4, 0.5) is 0 Å². The molecule has 0 spiro atoms. The van der Waals surface area contributed by atoms with Gasteiger partial charge >= 0.3 is 0 Å². The van der Waals surface area contributed by atoms with Crippen LogP contribution in [0, 0.1) is 0 Å². The lowest BCUT2D eigenvalue weighted by molar-refractivity contribution is 0.0243. The Kier molecular flexibility index (Phi) is 7.91. The van der Waals surface area contributed by atoms with E-state index in [1.165, 1.54) is 0 Å². The van der Waals surface area contributed by atoms with Gasteiger partial charge in [-0.2, -0.15) is 5.10 Å². The third-order valence-electron chi connectivity index (χ3n) is 4.57. The molecule has 148 valence electrons. The number of guanidine groups is 1. The predicted molar refractivity (Wildman–Crippen MR) is 117 cm³/mol. The van der Waals surface area contributed by atoms with Gasteiger partial charge < -0.3 is 20.1 Å². The quantitative estimate of drug-likeness (QED) is 0.374. The molecule has 1 saturated heterocycles. The van der Waals surface area contributed by atoms with Crippen LogP contribution < -0.4 is 15.4 Å². The normalized spacial score (nSPS) is 19.4. The Morgan fingerprint density at radius 1 is 1.30 bits per heavy atom. The van der Waals surface area contributed by atoms with Crippen LogP contribution >= 0.6 is 24.0 Å². The van der Waals surface area contributed by atoms with E-state index in [0.29, 0.717) is 6.54 Å². The lowest BCUT2D eigenvalue weighted by Gasteiger charge is -2.24. The number of nitrogens with one attached hydrogen (secondary N) is 2. The molecular formula is C19H28IN5O2. The summed E-state index contributed by atoms with van der Waals surface area (Å²) in [7, 11) is 3.43. The molecule has 27 heavy (non-hydrogen) atoms. The number of aliphatic imine (C=N–C) groups is 1. The highest BCUT2D eigenvalue weighted by atomic mass is 127. The van der Waals surface area contributed by atoms with Crippen molar-refractivity contribution in [3.63, 3.8) is 0 Å². The summed E-state index contributed by atoms with van der Waals surface area (Å²) in [6.07, 6.45) is 4.14. The molecule has 1 aromatic carbocycles. The Labute approximate surface area is 177 Å². The second-order valence-electron chi connectivity index (χ2n) is 6.63. The summed E-state index contributed by atoms with van der Waals surface area (Å²) in [6, 6.07) is 9.79. The number of aromatic nitrogens is 2. The van der Waals surface area contributed by atoms with Gasteiger partial charge in [-0.1, -0.05) is 0 Å². The van der Waals surface area contributed by atoms with E-state index < -0.39 is 0 Å². The Bertz CT molecular complexity index is 739. The molecule has 2 aromatic rings. The lowest BCUT2D eigenvalue weighted by Crippen LogP contribution is -2.45. The van der Waals surface area contributed by atoms with Gasteiger partial charge in [-0.25, -0.2) is 4.68 Å². The first kappa shape index (κ1) is 21.5. The van der Waals surface area contributed by atoms with Crippen molar-refractivity contribution in [1.29, 1.82) is 0 Å². The molecule has 0 saturated carbocycles. The largest absolute Gasteiger partial charge is 0.497 e. The highest BCUT2D eigenvalue weighted by Gasteiger charge is 2.29. The fourth-order valence-electron chi connectivity index (χ4n) is 2.98. The van der Waals surface area contributed by atoms with E-state index in [-0.39, 0.29) is 29.6 Å². The number of hydrogen-bond donors (Lipinski definition) is 2. The summed E-state index contributed by atoms with van der Waals surface area (Å²) in [4.78, 5) is 4.27. The summed E-state index contributed by atoms with van der Waals surface area (Å²) >= 11 is 0. The van der Waals surface area contributed by atoms with Gasteiger partial charge in [0.25, 0.3) is 0 Å². The number of rotatable bonds is 6. The van der Waals surface area contributed by atoms with E-state index in [1.54, 1.807) is 14.2 Å². The van der Waals surface area contributed by atoms with Crippen molar-refractivity contribution in [2.24, 2.45) is 4.99 Å². The SMILES string of the molecule is CN=C(NCc1ccn(-c2ccc(OC)cc2)n1)NCC1(C)CCCO1.I. The molecule has 2 heterocycles. The minimum atomic E-state index is -0.104. The maximum absolute atomic E-state index is 5.80. The first-order chi connectivity index (χ1) is 12.6. The Morgan fingerprint density at radius 3 is 2.70 bits per heavy atom. The molecule has 0 aliphatic carbocycles.